The Hall–Kier alpha value is -2.38. The van der Waals surface area contributed by atoms with Crippen molar-refractivity contribution in [3.8, 4) is 0 Å². The van der Waals surface area contributed by atoms with E-state index in [1.807, 2.05) is 19.1 Å². The molecule has 0 unspecified atom stereocenters. The Kier molecular flexibility index (Phi) is 4.34. The van der Waals surface area contributed by atoms with Crippen molar-refractivity contribution in [3.63, 3.8) is 0 Å². The summed E-state index contributed by atoms with van der Waals surface area (Å²) in [5.41, 5.74) is 1.12. The highest BCUT2D eigenvalue weighted by Gasteiger charge is 2.18. The number of thiocarbonyl (C=S) groups is 1. The van der Waals surface area contributed by atoms with E-state index in [1.165, 1.54) is 6.20 Å². The molecule has 3 N–H and O–H groups in total. The molecule has 2 heterocycles. The van der Waals surface area contributed by atoms with Gasteiger partial charge >= 0.3 is 0 Å². The van der Waals surface area contributed by atoms with Crippen LogP contribution in [0.2, 0.25) is 0 Å². The Morgan fingerprint density at radius 2 is 2.00 bits per heavy atom. The molecule has 0 spiro atoms. The molecule has 2 aromatic heterocycles. The molecular weight excluding hydrogens is 274 g/mol. The lowest BCUT2D eigenvalue weighted by atomic mass is 10.3. The maximum atomic E-state index is 12.1. The van der Waals surface area contributed by atoms with Crippen LogP contribution in [0.1, 0.15) is 16.1 Å². The number of nitrogens with zero attached hydrogens (tertiary/aromatic N) is 3. The number of nitrogens with two attached hydrogens (primary N) is 1. The minimum Gasteiger partial charge on any atom is -0.316 e. The van der Waals surface area contributed by atoms with Crippen molar-refractivity contribution in [2.75, 3.05) is 5.32 Å². The fourth-order valence-corrected chi connectivity index (χ4v) is 1.66. The third-order valence-electron chi connectivity index (χ3n) is 2.56. The maximum absolute atomic E-state index is 12.1. The number of amides is 1. The van der Waals surface area contributed by atoms with Crippen LogP contribution in [0.25, 0.3) is 0 Å². The number of carbonyl (C=O) groups excluding carboxylic acids is 1. The van der Waals surface area contributed by atoms with Crippen molar-refractivity contribution in [2.24, 2.45) is 5.84 Å². The number of carbonyl (C=O) groups is 1. The second-order valence-electron chi connectivity index (χ2n) is 3.99. The van der Waals surface area contributed by atoms with E-state index in [4.69, 9.17) is 18.1 Å². The minimum absolute atomic E-state index is 0.0578. The van der Waals surface area contributed by atoms with Crippen LogP contribution in [0.5, 0.6) is 0 Å². The molecule has 0 atom stereocenters. The molecule has 7 heteroatoms. The average molecular weight is 287 g/mol. The molecule has 0 aromatic carbocycles. The van der Waals surface area contributed by atoms with Crippen LogP contribution in [-0.4, -0.2) is 26.0 Å². The molecule has 0 aliphatic heterocycles. The topological polar surface area (TPSA) is 84.1 Å². The van der Waals surface area contributed by atoms with Crippen molar-refractivity contribution in [1.82, 2.24) is 15.0 Å². The van der Waals surface area contributed by atoms with Crippen LogP contribution in [0.4, 0.5) is 5.82 Å². The first kappa shape index (κ1) is 14.0. The Labute approximate surface area is 121 Å². The third-order valence-corrected chi connectivity index (χ3v) is 2.86. The summed E-state index contributed by atoms with van der Waals surface area (Å²) in [6.45, 7) is 1.87. The average Bonchev–Trinajstić information content (AvgIpc) is 2.49. The van der Waals surface area contributed by atoms with E-state index in [2.05, 4.69) is 15.3 Å². The molecule has 102 valence electrons. The van der Waals surface area contributed by atoms with E-state index < -0.39 is 5.91 Å². The Bertz CT molecular complexity index is 632. The molecule has 0 bridgehead atoms. The molecule has 0 aliphatic rings. The van der Waals surface area contributed by atoms with Crippen LogP contribution in [0.3, 0.4) is 0 Å². The summed E-state index contributed by atoms with van der Waals surface area (Å²) in [6, 6.07) is 8.66. The van der Waals surface area contributed by atoms with Gasteiger partial charge in [0.2, 0.25) is 0 Å². The molecule has 0 saturated heterocycles. The predicted molar refractivity (Wildman–Crippen MR) is 79.8 cm³/mol. The van der Waals surface area contributed by atoms with Crippen LogP contribution < -0.4 is 11.2 Å². The first-order chi connectivity index (χ1) is 9.59. The summed E-state index contributed by atoms with van der Waals surface area (Å²) in [4.78, 5) is 20.1. The minimum atomic E-state index is -0.489. The maximum Gasteiger partial charge on any atom is 0.292 e. The van der Waals surface area contributed by atoms with Gasteiger partial charge in [-0.05, 0) is 42.9 Å². The fraction of sp³-hybridized carbons (Fsp3) is 0.0769. The lowest BCUT2D eigenvalue weighted by molar-refractivity contribution is 0.0844. The van der Waals surface area contributed by atoms with Gasteiger partial charge in [0.25, 0.3) is 5.91 Å². The van der Waals surface area contributed by atoms with Crippen LogP contribution >= 0.6 is 12.2 Å². The van der Waals surface area contributed by atoms with Crippen molar-refractivity contribution in [2.45, 2.75) is 6.92 Å². The molecule has 0 saturated carbocycles. The van der Waals surface area contributed by atoms with Gasteiger partial charge in [-0.3, -0.25) is 9.78 Å². The highest BCUT2D eigenvalue weighted by molar-refractivity contribution is 7.80. The predicted octanol–water partition coefficient (Wildman–Crippen LogP) is 1.50. The normalized spacial score (nSPS) is 9.90. The van der Waals surface area contributed by atoms with E-state index in [9.17, 15) is 4.79 Å². The quantitative estimate of drug-likeness (QED) is 0.377. The monoisotopic (exact) mass is 287 g/mol. The highest BCUT2D eigenvalue weighted by atomic mass is 32.1. The van der Waals surface area contributed by atoms with Crippen LogP contribution in [0, 0.1) is 6.92 Å². The Balaban J connectivity index is 2.10. The van der Waals surface area contributed by atoms with Gasteiger partial charge in [0, 0.05) is 12.4 Å². The molecular formula is C13H13N5OS. The Morgan fingerprint density at radius 1 is 1.25 bits per heavy atom. The molecule has 20 heavy (non-hydrogen) atoms. The van der Waals surface area contributed by atoms with Gasteiger partial charge < -0.3 is 5.32 Å². The molecule has 0 radical (unpaired) electrons. The summed E-state index contributed by atoms with van der Waals surface area (Å²) in [7, 11) is 0. The van der Waals surface area contributed by atoms with Gasteiger partial charge in [-0.25, -0.2) is 15.8 Å². The van der Waals surface area contributed by atoms with Crippen molar-refractivity contribution in [3.05, 3.63) is 54.0 Å². The van der Waals surface area contributed by atoms with Gasteiger partial charge in [-0.2, -0.15) is 0 Å². The van der Waals surface area contributed by atoms with E-state index in [0.717, 1.165) is 10.6 Å². The molecule has 2 rings (SSSR count). The smallest absolute Gasteiger partial charge is 0.292 e. The zero-order valence-electron chi connectivity index (χ0n) is 10.8. The van der Waals surface area contributed by atoms with E-state index in [-0.39, 0.29) is 10.8 Å². The van der Waals surface area contributed by atoms with Gasteiger partial charge in [0.15, 0.2) is 5.11 Å². The fourth-order valence-electron chi connectivity index (χ4n) is 1.48. The zero-order chi connectivity index (χ0) is 14.5. The van der Waals surface area contributed by atoms with Gasteiger partial charge in [-0.1, -0.05) is 12.1 Å². The molecule has 1 amide bonds. The zero-order valence-corrected chi connectivity index (χ0v) is 11.6. The summed E-state index contributed by atoms with van der Waals surface area (Å²) in [6.07, 6.45) is 3.14. The molecule has 6 nitrogen and oxygen atoms in total. The molecule has 0 aliphatic carbocycles. The lowest BCUT2D eigenvalue weighted by Gasteiger charge is -2.18. The van der Waals surface area contributed by atoms with Gasteiger partial charge in [-0.15, -0.1) is 0 Å². The third kappa shape index (κ3) is 3.14. The van der Waals surface area contributed by atoms with E-state index in [1.54, 1.807) is 24.4 Å². The lowest BCUT2D eigenvalue weighted by Crippen LogP contribution is -2.45. The molecule has 0 fully saturated rings. The number of anilines is 1. The number of aryl methyl sites for hydroxylation is 1. The number of hydrogen-bond donors (Lipinski definition) is 2. The number of hydrogen-bond acceptors (Lipinski definition) is 5. The second kappa shape index (κ2) is 6.18. The SMILES string of the molecule is Cc1cccnc1NC(=S)N(N)C(=O)c1ccccn1. The number of hydrazine groups is 1. The largest absolute Gasteiger partial charge is 0.316 e. The second-order valence-corrected chi connectivity index (χ2v) is 4.38. The highest BCUT2D eigenvalue weighted by Crippen LogP contribution is 2.10. The number of aromatic nitrogens is 2. The van der Waals surface area contributed by atoms with E-state index >= 15 is 0 Å². The van der Waals surface area contributed by atoms with Crippen molar-refractivity contribution in [1.29, 1.82) is 0 Å². The summed E-state index contributed by atoms with van der Waals surface area (Å²) in [5, 5.41) is 3.73. The van der Waals surface area contributed by atoms with Gasteiger partial charge in [0.1, 0.15) is 11.5 Å². The summed E-state index contributed by atoms with van der Waals surface area (Å²) < 4.78 is 0. The summed E-state index contributed by atoms with van der Waals surface area (Å²) in [5.74, 6) is 5.77. The van der Waals surface area contributed by atoms with Gasteiger partial charge in [0.05, 0.1) is 0 Å². The van der Waals surface area contributed by atoms with Crippen LogP contribution in [0.15, 0.2) is 42.7 Å². The van der Waals surface area contributed by atoms with Crippen LogP contribution in [-0.2, 0) is 0 Å². The van der Waals surface area contributed by atoms with Crippen molar-refractivity contribution >= 4 is 29.1 Å². The first-order valence-electron chi connectivity index (χ1n) is 5.82. The van der Waals surface area contributed by atoms with E-state index in [0.29, 0.717) is 5.82 Å². The standard InChI is InChI=1S/C13H13N5OS/c1-9-5-4-8-16-11(9)17-13(20)18(14)12(19)10-6-2-3-7-15-10/h2-8H,14H2,1H3,(H,16,17,20). The molecule has 2 aromatic rings. The van der Waals surface area contributed by atoms with Crippen molar-refractivity contribution < 1.29 is 4.79 Å². The Morgan fingerprint density at radius 3 is 2.65 bits per heavy atom. The number of rotatable bonds is 2. The number of pyridine rings is 2. The first-order valence-corrected chi connectivity index (χ1v) is 6.23. The number of nitrogens with one attached hydrogen (secondary N) is 1. The summed E-state index contributed by atoms with van der Waals surface area (Å²) >= 11 is 5.10.